The van der Waals surface area contributed by atoms with Crippen LogP contribution in [-0.2, 0) is 4.79 Å². The molecular weight excluding hydrogens is 320 g/mol. The highest BCUT2D eigenvalue weighted by Gasteiger charge is 2.22. The molecule has 21 heavy (non-hydrogen) atoms. The maximum absolute atomic E-state index is 12.2. The maximum atomic E-state index is 12.2. The molecule has 1 aliphatic rings. The monoisotopic (exact) mass is 336 g/mol. The number of carbonyl (C=O) groups is 1. The Balaban J connectivity index is 1.67. The third kappa shape index (κ3) is 3.81. The predicted octanol–water partition coefficient (Wildman–Crippen LogP) is 3.91. The number of anilines is 1. The minimum atomic E-state index is 0.0514. The topological polar surface area (TPSA) is 42.0 Å². The first kappa shape index (κ1) is 14.9. The SMILES string of the molecule is Cc1ccc(-c2csc(NC(=O)C3CSCCS3)n2)cc1. The fourth-order valence-corrected chi connectivity index (χ4v) is 5.29. The van der Waals surface area contributed by atoms with Crippen LogP contribution < -0.4 is 5.32 Å². The van der Waals surface area contributed by atoms with Crippen molar-refractivity contribution in [3.63, 3.8) is 0 Å². The minimum Gasteiger partial charge on any atom is -0.301 e. The number of benzene rings is 1. The number of thioether (sulfide) groups is 2. The Morgan fingerprint density at radius 1 is 1.29 bits per heavy atom. The number of hydrogen-bond donors (Lipinski definition) is 1. The summed E-state index contributed by atoms with van der Waals surface area (Å²) in [5.74, 6) is 3.17. The molecule has 0 aliphatic carbocycles. The van der Waals surface area contributed by atoms with Gasteiger partial charge in [0.05, 0.1) is 10.9 Å². The Bertz CT molecular complexity index is 618. The molecule has 1 atom stereocenters. The molecule has 1 saturated heterocycles. The van der Waals surface area contributed by atoms with Gasteiger partial charge in [-0.05, 0) is 6.92 Å². The van der Waals surface area contributed by atoms with Crippen LogP contribution in [0.15, 0.2) is 29.6 Å². The average molecular weight is 337 g/mol. The molecule has 1 aliphatic heterocycles. The number of aromatic nitrogens is 1. The largest absolute Gasteiger partial charge is 0.301 e. The Kier molecular flexibility index (Phi) is 4.87. The molecule has 0 radical (unpaired) electrons. The minimum absolute atomic E-state index is 0.0514. The van der Waals surface area contributed by atoms with Crippen molar-refractivity contribution in [1.82, 2.24) is 4.98 Å². The molecular formula is C15H16N2OS3. The van der Waals surface area contributed by atoms with Crippen LogP contribution in [-0.4, -0.2) is 33.4 Å². The van der Waals surface area contributed by atoms with E-state index in [1.165, 1.54) is 16.9 Å². The summed E-state index contributed by atoms with van der Waals surface area (Å²) in [6, 6.07) is 8.26. The molecule has 1 amide bonds. The Morgan fingerprint density at radius 3 is 2.81 bits per heavy atom. The number of nitrogens with zero attached hydrogens (tertiary/aromatic N) is 1. The molecule has 1 aromatic heterocycles. The van der Waals surface area contributed by atoms with Crippen molar-refractivity contribution in [3.8, 4) is 11.3 Å². The van der Waals surface area contributed by atoms with Gasteiger partial charge < -0.3 is 5.32 Å². The van der Waals surface area contributed by atoms with Gasteiger partial charge in [0.2, 0.25) is 5.91 Å². The second-order valence-corrected chi connectivity index (χ2v) is 8.15. The third-order valence-corrected chi connectivity index (χ3v) is 6.70. The van der Waals surface area contributed by atoms with Crippen molar-refractivity contribution in [3.05, 3.63) is 35.2 Å². The summed E-state index contributed by atoms with van der Waals surface area (Å²) in [5.41, 5.74) is 3.23. The highest BCUT2D eigenvalue weighted by atomic mass is 32.2. The highest BCUT2D eigenvalue weighted by Crippen LogP contribution is 2.28. The van der Waals surface area contributed by atoms with Crippen LogP contribution in [0.4, 0.5) is 5.13 Å². The van der Waals surface area contributed by atoms with E-state index < -0.39 is 0 Å². The van der Waals surface area contributed by atoms with E-state index in [1.807, 2.05) is 17.1 Å². The van der Waals surface area contributed by atoms with E-state index >= 15 is 0 Å². The summed E-state index contributed by atoms with van der Waals surface area (Å²) in [6.07, 6.45) is 0. The van der Waals surface area contributed by atoms with Crippen LogP contribution in [0, 0.1) is 6.92 Å². The Labute approximate surface area is 136 Å². The van der Waals surface area contributed by atoms with Gasteiger partial charge in [-0.15, -0.1) is 23.1 Å². The lowest BCUT2D eigenvalue weighted by atomic mass is 10.1. The summed E-state index contributed by atoms with van der Waals surface area (Å²) >= 11 is 5.07. The first-order chi connectivity index (χ1) is 10.2. The van der Waals surface area contributed by atoms with Crippen LogP contribution in [0.25, 0.3) is 11.3 Å². The molecule has 3 nitrogen and oxygen atoms in total. The van der Waals surface area contributed by atoms with Gasteiger partial charge in [0, 0.05) is 28.2 Å². The molecule has 2 heterocycles. The number of aryl methyl sites for hydroxylation is 1. The quantitative estimate of drug-likeness (QED) is 0.923. The Hall–Kier alpha value is -0.980. The lowest BCUT2D eigenvalue weighted by Gasteiger charge is -2.19. The van der Waals surface area contributed by atoms with E-state index in [9.17, 15) is 4.79 Å². The third-order valence-electron chi connectivity index (χ3n) is 3.19. The number of nitrogens with one attached hydrogen (secondary N) is 1. The molecule has 110 valence electrons. The summed E-state index contributed by atoms with van der Waals surface area (Å²) in [7, 11) is 0. The number of rotatable bonds is 3. The van der Waals surface area contributed by atoms with E-state index in [-0.39, 0.29) is 11.2 Å². The molecule has 6 heteroatoms. The van der Waals surface area contributed by atoms with E-state index in [0.29, 0.717) is 5.13 Å². The van der Waals surface area contributed by atoms with Crippen molar-refractivity contribution >= 4 is 45.9 Å². The van der Waals surface area contributed by atoms with E-state index in [4.69, 9.17) is 0 Å². The fraction of sp³-hybridized carbons (Fsp3) is 0.333. The lowest BCUT2D eigenvalue weighted by molar-refractivity contribution is -0.115. The smallest absolute Gasteiger partial charge is 0.240 e. The van der Waals surface area contributed by atoms with Crippen LogP contribution in [0.1, 0.15) is 5.56 Å². The average Bonchev–Trinajstić information content (AvgIpc) is 2.97. The Morgan fingerprint density at radius 2 is 2.10 bits per heavy atom. The van der Waals surface area contributed by atoms with Crippen LogP contribution in [0.2, 0.25) is 0 Å². The molecule has 3 rings (SSSR count). The summed E-state index contributed by atoms with van der Waals surface area (Å²) in [4.78, 5) is 16.7. The molecule has 1 fully saturated rings. The molecule has 1 N–H and O–H groups in total. The van der Waals surface area contributed by atoms with Gasteiger partial charge in [0.25, 0.3) is 0 Å². The van der Waals surface area contributed by atoms with Crippen molar-refractivity contribution in [2.45, 2.75) is 12.2 Å². The van der Waals surface area contributed by atoms with Crippen LogP contribution >= 0.6 is 34.9 Å². The number of thiazole rings is 1. The van der Waals surface area contributed by atoms with Gasteiger partial charge in [-0.1, -0.05) is 29.8 Å². The zero-order valence-corrected chi connectivity index (χ0v) is 14.1. The first-order valence-electron chi connectivity index (χ1n) is 6.75. The van der Waals surface area contributed by atoms with Crippen molar-refractivity contribution in [1.29, 1.82) is 0 Å². The second kappa shape index (κ2) is 6.85. The van der Waals surface area contributed by atoms with Gasteiger partial charge in [-0.3, -0.25) is 4.79 Å². The normalized spacial score (nSPS) is 18.4. The van der Waals surface area contributed by atoms with Crippen LogP contribution in [0.3, 0.4) is 0 Å². The predicted molar refractivity (Wildman–Crippen MR) is 94.5 cm³/mol. The number of carbonyl (C=O) groups excluding carboxylic acids is 1. The zero-order valence-electron chi connectivity index (χ0n) is 11.7. The van der Waals surface area contributed by atoms with Crippen LogP contribution in [0.5, 0.6) is 0 Å². The standard InChI is InChI=1S/C15H16N2OS3/c1-10-2-4-11(5-3-10)12-8-21-15(16-12)17-14(18)13-9-19-6-7-20-13/h2-5,8,13H,6-7,9H2,1H3,(H,16,17,18). The van der Waals surface area contributed by atoms with E-state index in [2.05, 4.69) is 41.5 Å². The van der Waals surface area contributed by atoms with E-state index in [1.54, 1.807) is 11.8 Å². The lowest BCUT2D eigenvalue weighted by Crippen LogP contribution is -2.30. The van der Waals surface area contributed by atoms with Gasteiger partial charge in [-0.25, -0.2) is 4.98 Å². The summed E-state index contributed by atoms with van der Waals surface area (Å²) < 4.78 is 0. The first-order valence-corrected chi connectivity index (χ1v) is 9.83. The van der Waals surface area contributed by atoms with Crippen molar-refractivity contribution < 1.29 is 4.79 Å². The summed E-state index contributed by atoms with van der Waals surface area (Å²) in [6.45, 7) is 2.07. The van der Waals surface area contributed by atoms with Gasteiger partial charge in [0.15, 0.2) is 5.13 Å². The molecule has 0 saturated carbocycles. The molecule has 1 aromatic carbocycles. The number of amides is 1. The molecule has 2 aromatic rings. The second-order valence-electron chi connectivity index (χ2n) is 4.83. The van der Waals surface area contributed by atoms with Crippen molar-refractivity contribution in [2.75, 3.05) is 22.6 Å². The van der Waals surface area contributed by atoms with Gasteiger partial charge in [-0.2, -0.15) is 11.8 Å². The fourth-order valence-electron chi connectivity index (χ4n) is 2.01. The zero-order chi connectivity index (χ0) is 14.7. The maximum Gasteiger partial charge on any atom is 0.240 e. The molecule has 0 bridgehead atoms. The van der Waals surface area contributed by atoms with Gasteiger partial charge >= 0.3 is 0 Å². The van der Waals surface area contributed by atoms with E-state index in [0.717, 1.165) is 28.5 Å². The molecule has 0 spiro atoms. The summed E-state index contributed by atoms with van der Waals surface area (Å²) in [5, 5.41) is 5.67. The number of hydrogen-bond acceptors (Lipinski definition) is 5. The molecule has 1 unspecified atom stereocenters. The van der Waals surface area contributed by atoms with Crippen molar-refractivity contribution in [2.24, 2.45) is 0 Å². The highest BCUT2D eigenvalue weighted by molar-refractivity contribution is 8.07. The van der Waals surface area contributed by atoms with Gasteiger partial charge in [0.1, 0.15) is 0 Å².